The zero-order valence-corrected chi connectivity index (χ0v) is 15.3. The predicted octanol–water partition coefficient (Wildman–Crippen LogP) is 6.61. The topological polar surface area (TPSA) is 62.7 Å². The van der Waals surface area contributed by atoms with Gasteiger partial charge in [0.05, 0.1) is 42.4 Å². The van der Waals surface area contributed by atoms with E-state index in [4.69, 9.17) is 19.7 Å². The lowest BCUT2D eigenvalue weighted by molar-refractivity contribution is 1.31. The van der Waals surface area contributed by atoms with Crippen molar-refractivity contribution in [3.63, 3.8) is 0 Å². The number of nitrogens with zero attached hydrogens (tertiary/aromatic N) is 6. The molecule has 0 saturated heterocycles. The number of benzene rings is 4. The zero-order chi connectivity index (χ0) is 20.8. The molecule has 0 unspecified atom stereocenters. The van der Waals surface area contributed by atoms with Crippen molar-refractivity contribution >= 4 is 60.4 Å². The molecule has 0 fully saturated rings. The second-order valence-corrected chi connectivity index (χ2v) is 6.58. The third-order valence-electron chi connectivity index (χ3n) is 5.24. The Morgan fingerprint density at radius 3 is 2.10 bits per heavy atom. The van der Waals surface area contributed by atoms with Crippen LogP contribution in [0.25, 0.3) is 57.9 Å². The average molecular weight is 380 g/mol. The van der Waals surface area contributed by atoms with Gasteiger partial charge in [-0.3, -0.25) is 24.5 Å². The lowest BCUT2D eigenvalue weighted by atomic mass is 9.90. The maximum Gasteiger partial charge on any atom is 0.202 e. The van der Waals surface area contributed by atoms with Gasteiger partial charge in [0.1, 0.15) is 0 Å². The highest BCUT2D eigenvalue weighted by Crippen LogP contribution is 2.52. The van der Waals surface area contributed by atoms with Gasteiger partial charge in [0.15, 0.2) is 5.69 Å². The second-order valence-electron chi connectivity index (χ2n) is 6.58. The molecule has 1 aromatic heterocycles. The highest BCUT2D eigenvalue weighted by Gasteiger charge is 2.25. The molecule has 134 valence electrons. The lowest BCUT2D eigenvalue weighted by Gasteiger charge is -2.16. The van der Waals surface area contributed by atoms with Crippen molar-refractivity contribution in [3.8, 4) is 6.07 Å². The minimum Gasteiger partial charge on any atom is -0.262 e. The second kappa shape index (κ2) is 6.25. The molecule has 6 heteroatoms. The average Bonchev–Trinajstić information content (AvgIpc) is 2.81. The van der Waals surface area contributed by atoms with Crippen molar-refractivity contribution in [2.75, 3.05) is 0 Å². The largest absolute Gasteiger partial charge is 0.262 e. The van der Waals surface area contributed by atoms with Crippen molar-refractivity contribution in [1.29, 1.82) is 5.26 Å². The van der Waals surface area contributed by atoms with E-state index in [1.54, 1.807) is 6.20 Å². The molecule has 5 rings (SSSR count). The van der Waals surface area contributed by atoms with Crippen molar-refractivity contribution in [2.24, 2.45) is 0 Å². The molecule has 0 aliphatic rings. The third kappa shape index (κ3) is 2.02. The SMILES string of the molecule is [C-]#[N+]c1c([N+]#[C-])c([N+]#[C-])c2c(c1C#N)c1nccnc1c1ccc3ccccc3c12. The number of aromatic nitrogens is 2. The summed E-state index contributed by atoms with van der Waals surface area (Å²) >= 11 is 0. The Labute approximate surface area is 170 Å². The molecule has 0 aliphatic heterocycles. The molecule has 6 nitrogen and oxygen atoms in total. The molecular weight excluding hydrogens is 372 g/mol. The quantitative estimate of drug-likeness (QED) is 0.224. The molecule has 5 aromatic rings. The Balaban J connectivity index is 2.34. The Morgan fingerprint density at radius 2 is 1.40 bits per heavy atom. The van der Waals surface area contributed by atoms with E-state index in [1.807, 2.05) is 36.4 Å². The minimum atomic E-state index is -0.113. The number of hydrogen-bond donors (Lipinski definition) is 0. The van der Waals surface area contributed by atoms with E-state index in [0.29, 0.717) is 21.8 Å². The van der Waals surface area contributed by atoms with Gasteiger partial charge < -0.3 is 0 Å². The summed E-state index contributed by atoms with van der Waals surface area (Å²) in [4.78, 5) is 19.5. The van der Waals surface area contributed by atoms with Crippen LogP contribution in [0.1, 0.15) is 5.56 Å². The van der Waals surface area contributed by atoms with E-state index >= 15 is 0 Å². The molecule has 1 heterocycles. The number of rotatable bonds is 0. The van der Waals surface area contributed by atoms with Crippen LogP contribution >= 0.6 is 0 Å². The molecular formula is C24H8N6. The van der Waals surface area contributed by atoms with Crippen LogP contribution in [0, 0.1) is 31.0 Å². The van der Waals surface area contributed by atoms with Crippen LogP contribution < -0.4 is 0 Å². The van der Waals surface area contributed by atoms with Gasteiger partial charge >= 0.3 is 0 Å². The normalized spacial score (nSPS) is 10.5. The fourth-order valence-corrected chi connectivity index (χ4v) is 4.08. The van der Waals surface area contributed by atoms with E-state index in [1.165, 1.54) is 6.20 Å². The Hall–Kier alpha value is -5.04. The first-order valence-electron chi connectivity index (χ1n) is 8.85. The highest BCUT2D eigenvalue weighted by molar-refractivity contribution is 6.35. The first-order valence-corrected chi connectivity index (χ1v) is 8.85. The van der Waals surface area contributed by atoms with Gasteiger partial charge in [-0.1, -0.05) is 36.4 Å². The van der Waals surface area contributed by atoms with E-state index in [2.05, 4.69) is 30.6 Å². The molecule has 0 atom stereocenters. The lowest BCUT2D eigenvalue weighted by Crippen LogP contribution is -1.93. The summed E-state index contributed by atoms with van der Waals surface area (Å²) < 4.78 is 0. The van der Waals surface area contributed by atoms with E-state index in [9.17, 15) is 5.26 Å². The summed E-state index contributed by atoms with van der Waals surface area (Å²) in [6.45, 7) is 23.0. The van der Waals surface area contributed by atoms with E-state index in [-0.39, 0.29) is 22.6 Å². The standard InChI is InChI=1S/C24H8N6/c1-26-20-16(12-25)18-19(22(27-2)24(20)28-3)17-14-7-5-4-6-13(14)8-9-15(17)21-23(18)30-11-10-29-21/h4-11H. The molecule has 0 aliphatic carbocycles. The van der Waals surface area contributed by atoms with Gasteiger partial charge in [-0.2, -0.15) is 5.26 Å². The molecule has 0 spiro atoms. The smallest absolute Gasteiger partial charge is 0.202 e. The number of fused-ring (bicyclic) bond motifs is 8. The molecule has 4 aromatic carbocycles. The van der Waals surface area contributed by atoms with Crippen LogP contribution in [0.4, 0.5) is 17.1 Å². The summed E-state index contributed by atoms with van der Waals surface area (Å²) in [5.41, 5.74) is 0.944. The molecule has 0 N–H and O–H groups in total. The molecule has 0 bridgehead atoms. The Kier molecular flexibility index (Phi) is 3.56. The van der Waals surface area contributed by atoms with Crippen LogP contribution in [0.3, 0.4) is 0 Å². The first kappa shape index (κ1) is 17.1. The summed E-state index contributed by atoms with van der Waals surface area (Å²) in [6.07, 6.45) is 3.10. The van der Waals surface area contributed by atoms with Gasteiger partial charge in [-0.05, 0) is 21.5 Å². The van der Waals surface area contributed by atoms with Gasteiger partial charge in [-0.25, -0.2) is 0 Å². The Morgan fingerprint density at radius 1 is 0.700 bits per heavy atom. The monoisotopic (exact) mass is 380 g/mol. The Bertz CT molecular complexity index is 1730. The van der Waals surface area contributed by atoms with Crippen molar-refractivity contribution in [1.82, 2.24) is 9.97 Å². The van der Waals surface area contributed by atoms with Crippen LogP contribution in [0.15, 0.2) is 48.8 Å². The molecule has 0 saturated carbocycles. The minimum absolute atomic E-state index is 0.0544. The van der Waals surface area contributed by atoms with Crippen LogP contribution in [0.2, 0.25) is 0 Å². The predicted molar refractivity (Wildman–Crippen MR) is 116 cm³/mol. The highest BCUT2D eigenvalue weighted by atomic mass is 14.8. The third-order valence-corrected chi connectivity index (χ3v) is 5.24. The summed E-state index contributed by atoms with van der Waals surface area (Å²) in [6, 6.07) is 13.7. The summed E-state index contributed by atoms with van der Waals surface area (Å²) in [7, 11) is 0. The van der Waals surface area contributed by atoms with Crippen molar-refractivity contribution in [2.45, 2.75) is 0 Å². The van der Waals surface area contributed by atoms with E-state index < -0.39 is 0 Å². The zero-order valence-electron chi connectivity index (χ0n) is 15.3. The van der Waals surface area contributed by atoms with Crippen molar-refractivity contribution in [3.05, 3.63) is 88.6 Å². The summed E-state index contributed by atoms with van der Waals surface area (Å²) in [5.74, 6) is 0. The van der Waals surface area contributed by atoms with Crippen LogP contribution in [-0.4, -0.2) is 9.97 Å². The first-order chi connectivity index (χ1) is 14.7. The van der Waals surface area contributed by atoms with Gasteiger partial charge in [-0.15, -0.1) is 0 Å². The summed E-state index contributed by atoms with van der Waals surface area (Å²) in [5, 5.41) is 14.2. The fourth-order valence-electron chi connectivity index (χ4n) is 4.08. The van der Waals surface area contributed by atoms with Gasteiger partial charge in [0, 0.05) is 23.2 Å². The molecule has 0 amide bonds. The van der Waals surface area contributed by atoms with Crippen molar-refractivity contribution < 1.29 is 0 Å². The molecule has 0 radical (unpaired) electrons. The maximum atomic E-state index is 9.95. The maximum absolute atomic E-state index is 9.95. The van der Waals surface area contributed by atoms with Gasteiger partial charge in [0.25, 0.3) is 0 Å². The fraction of sp³-hybridized carbons (Fsp3) is 0. The number of nitriles is 1. The van der Waals surface area contributed by atoms with Crippen LogP contribution in [0.5, 0.6) is 0 Å². The van der Waals surface area contributed by atoms with E-state index in [0.717, 1.165) is 21.5 Å². The number of hydrogen-bond acceptors (Lipinski definition) is 3. The molecule has 30 heavy (non-hydrogen) atoms. The van der Waals surface area contributed by atoms with Gasteiger partial charge in [0.2, 0.25) is 11.4 Å². The van der Waals surface area contributed by atoms with Crippen LogP contribution in [-0.2, 0) is 0 Å².